The van der Waals surface area contributed by atoms with Gasteiger partial charge in [-0.2, -0.15) is 0 Å². The topological polar surface area (TPSA) is 89.8 Å². The van der Waals surface area contributed by atoms with E-state index < -0.39 is 17.5 Å². The Morgan fingerprint density at radius 2 is 2.00 bits per heavy atom. The summed E-state index contributed by atoms with van der Waals surface area (Å²) in [5.41, 5.74) is -0.391. The normalized spacial score (nSPS) is 14.0. The van der Waals surface area contributed by atoms with Crippen molar-refractivity contribution in [3.8, 4) is 0 Å². The van der Waals surface area contributed by atoms with Crippen molar-refractivity contribution < 1.29 is 19.2 Å². The lowest BCUT2D eigenvalue weighted by Gasteiger charge is -2.15. The number of carbonyl (C=O) groups excluding carboxylic acids is 2. The van der Waals surface area contributed by atoms with Gasteiger partial charge in [0.25, 0.3) is 11.6 Å². The molecule has 0 N–H and O–H groups in total. The number of non-ortho nitro benzene ring substituents is 1. The number of rotatable bonds is 4. The largest absolute Gasteiger partial charge is 0.452 e. The van der Waals surface area contributed by atoms with Crippen LogP contribution in [0.1, 0.15) is 23.2 Å². The maximum atomic E-state index is 11.9. The van der Waals surface area contributed by atoms with E-state index >= 15 is 0 Å². The molecule has 1 heterocycles. The number of ether oxygens (including phenoxy) is 1. The minimum absolute atomic E-state index is 0.0409. The zero-order valence-electron chi connectivity index (χ0n) is 11.1. The summed E-state index contributed by atoms with van der Waals surface area (Å²) in [4.78, 5) is 35.3. The van der Waals surface area contributed by atoms with E-state index in [2.05, 4.69) is 0 Å². The summed E-state index contributed by atoms with van der Waals surface area (Å²) in [6.45, 7) is 0.930. The second-order valence-corrected chi connectivity index (χ2v) is 4.99. The molecule has 8 heteroatoms. The zero-order valence-corrected chi connectivity index (χ0v) is 11.8. The third kappa shape index (κ3) is 3.69. The second-order valence-electron chi connectivity index (χ2n) is 4.59. The van der Waals surface area contributed by atoms with Gasteiger partial charge in [0.2, 0.25) is 0 Å². The number of likely N-dealkylation sites (tertiary alicyclic amines) is 1. The maximum Gasteiger partial charge on any atom is 0.340 e. The number of carbonyl (C=O) groups is 2. The lowest BCUT2D eigenvalue weighted by atomic mass is 10.2. The monoisotopic (exact) mass is 312 g/mol. The highest BCUT2D eigenvalue weighted by Crippen LogP contribution is 2.22. The molecule has 0 atom stereocenters. The molecule has 0 aromatic heterocycles. The van der Waals surface area contributed by atoms with Gasteiger partial charge in [0.15, 0.2) is 6.61 Å². The van der Waals surface area contributed by atoms with Crippen LogP contribution in [0.5, 0.6) is 0 Å². The van der Waals surface area contributed by atoms with Crippen molar-refractivity contribution in [3.63, 3.8) is 0 Å². The Morgan fingerprint density at radius 1 is 1.33 bits per heavy atom. The van der Waals surface area contributed by atoms with E-state index in [-0.39, 0.29) is 22.2 Å². The van der Waals surface area contributed by atoms with Crippen LogP contribution in [-0.4, -0.2) is 41.4 Å². The lowest BCUT2D eigenvalue weighted by molar-refractivity contribution is -0.384. The summed E-state index contributed by atoms with van der Waals surface area (Å²) in [7, 11) is 0. The van der Waals surface area contributed by atoms with Crippen molar-refractivity contribution >= 4 is 29.2 Å². The van der Waals surface area contributed by atoms with Gasteiger partial charge in [0.1, 0.15) is 0 Å². The Hall–Kier alpha value is -2.15. The predicted molar refractivity (Wildman–Crippen MR) is 74.2 cm³/mol. The van der Waals surface area contributed by atoms with Crippen molar-refractivity contribution in [2.75, 3.05) is 19.7 Å². The van der Waals surface area contributed by atoms with Crippen molar-refractivity contribution in [1.29, 1.82) is 0 Å². The van der Waals surface area contributed by atoms with Crippen LogP contribution in [0.25, 0.3) is 0 Å². The molecular weight excluding hydrogens is 300 g/mol. The number of benzene rings is 1. The maximum absolute atomic E-state index is 11.9. The van der Waals surface area contributed by atoms with Crippen molar-refractivity contribution in [3.05, 3.63) is 38.9 Å². The molecule has 0 unspecified atom stereocenters. The van der Waals surface area contributed by atoms with Gasteiger partial charge in [0, 0.05) is 25.2 Å². The molecule has 0 spiro atoms. The van der Waals surface area contributed by atoms with Gasteiger partial charge in [-0.25, -0.2) is 4.79 Å². The molecule has 7 nitrogen and oxygen atoms in total. The van der Waals surface area contributed by atoms with Crippen molar-refractivity contribution in [1.82, 2.24) is 4.90 Å². The van der Waals surface area contributed by atoms with E-state index in [0.29, 0.717) is 13.1 Å². The summed E-state index contributed by atoms with van der Waals surface area (Å²) in [5, 5.41) is 10.7. The van der Waals surface area contributed by atoms with Gasteiger partial charge >= 0.3 is 5.97 Å². The SMILES string of the molecule is O=C(OCC(=O)N1CCCC1)c1cc([N+](=O)[O-])ccc1Cl. The zero-order chi connectivity index (χ0) is 15.4. The smallest absolute Gasteiger partial charge is 0.340 e. The average molecular weight is 313 g/mol. The number of hydrogen-bond acceptors (Lipinski definition) is 5. The third-order valence-corrected chi connectivity index (χ3v) is 3.50. The van der Waals surface area contributed by atoms with Crippen molar-refractivity contribution in [2.24, 2.45) is 0 Å². The number of nitro groups is 1. The van der Waals surface area contributed by atoms with Crippen LogP contribution in [0.2, 0.25) is 5.02 Å². The van der Waals surface area contributed by atoms with Crippen LogP contribution in [0, 0.1) is 10.1 Å². The molecule has 1 saturated heterocycles. The summed E-state index contributed by atoms with van der Waals surface area (Å²) in [6.07, 6.45) is 1.88. The van der Waals surface area contributed by atoms with E-state index in [0.717, 1.165) is 18.9 Å². The highest BCUT2D eigenvalue weighted by atomic mass is 35.5. The van der Waals surface area contributed by atoms with E-state index in [9.17, 15) is 19.7 Å². The molecule has 0 saturated carbocycles. The van der Waals surface area contributed by atoms with Crippen molar-refractivity contribution in [2.45, 2.75) is 12.8 Å². The number of amides is 1. The minimum atomic E-state index is -0.851. The van der Waals surface area contributed by atoms with Gasteiger partial charge in [-0.15, -0.1) is 0 Å². The Kier molecular flexibility index (Phi) is 4.74. The van der Waals surface area contributed by atoms with Gasteiger partial charge in [0.05, 0.1) is 15.5 Å². The number of nitrogens with zero attached hydrogens (tertiary/aromatic N) is 2. The van der Waals surface area contributed by atoms with Gasteiger partial charge in [-0.1, -0.05) is 11.6 Å². The van der Waals surface area contributed by atoms with Crippen LogP contribution in [-0.2, 0) is 9.53 Å². The predicted octanol–water partition coefficient (Wildman–Crippen LogP) is 2.03. The van der Waals surface area contributed by atoms with Crippen LogP contribution in [0.3, 0.4) is 0 Å². The fourth-order valence-electron chi connectivity index (χ4n) is 2.05. The first-order valence-corrected chi connectivity index (χ1v) is 6.75. The van der Waals surface area contributed by atoms with E-state index in [1.54, 1.807) is 4.90 Å². The van der Waals surface area contributed by atoms with Gasteiger partial charge in [-0.3, -0.25) is 14.9 Å². The molecule has 1 aromatic rings. The lowest BCUT2D eigenvalue weighted by Crippen LogP contribution is -2.32. The molecule has 0 bridgehead atoms. The Bertz CT molecular complexity index is 584. The molecule has 2 rings (SSSR count). The van der Waals surface area contributed by atoms with Crippen LogP contribution < -0.4 is 0 Å². The average Bonchev–Trinajstić information content (AvgIpc) is 2.98. The fraction of sp³-hybridized carbons (Fsp3) is 0.385. The standard InChI is InChI=1S/C13H13ClN2O5/c14-11-4-3-9(16(19)20)7-10(11)13(18)21-8-12(17)15-5-1-2-6-15/h3-4,7H,1-2,5-6,8H2. The molecule has 21 heavy (non-hydrogen) atoms. The second kappa shape index (κ2) is 6.53. The van der Waals surface area contributed by atoms with Gasteiger partial charge in [-0.05, 0) is 18.9 Å². The first kappa shape index (κ1) is 15.2. The minimum Gasteiger partial charge on any atom is -0.452 e. The highest BCUT2D eigenvalue weighted by Gasteiger charge is 2.21. The van der Waals surface area contributed by atoms with E-state index in [4.69, 9.17) is 16.3 Å². The number of nitro benzene ring substituents is 1. The molecule has 1 aromatic carbocycles. The summed E-state index contributed by atoms with van der Waals surface area (Å²) >= 11 is 5.82. The number of hydrogen-bond donors (Lipinski definition) is 0. The third-order valence-electron chi connectivity index (χ3n) is 3.17. The fourth-order valence-corrected chi connectivity index (χ4v) is 2.24. The van der Waals surface area contributed by atoms with Crippen LogP contribution in [0.4, 0.5) is 5.69 Å². The quantitative estimate of drug-likeness (QED) is 0.482. The molecule has 0 radical (unpaired) electrons. The first-order chi connectivity index (χ1) is 9.99. The molecular formula is C13H13ClN2O5. The summed E-state index contributed by atoms with van der Waals surface area (Å²) < 4.78 is 4.88. The highest BCUT2D eigenvalue weighted by molar-refractivity contribution is 6.33. The first-order valence-electron chi connectivity index (χ1n) is 6.38. The Morgan fingerprint density at radius 3 is 2.62 bits per heavy atom. The molecule has 1 aliphatic heterocycles. The van der Waals surface area contributed by atoms with E-state index in [1.165, 1.54) is 12.1 Å². The summed E-state index contributed by atoms with van der Waals surface area (Å²) in [6, 6.07) is 3.47. The molecule has 1 fully saturated rings. The number of halogens is 1. The number of esters is 1. The molecule has 1 aliphatic rings. The van der Waals surface area contributed by atoms with Crippen LogP contribution >= 0.6 is 11.6 Å². The molecule has 1 amide bonds. The molecule has 112 valence electrons. The molecule has 0 aliphatic carbocycles. The van der Waals surface area contributed by atoms with E-state index in [1.807, 2.05) is 0 Å². The Balaban J connectivity index is 2.01. The van der Waals surface area contributed by atoms with Gasteiger partial charge < -0.3 is 9.64 Å². The van der Waals surface area contributed by atoms with Crippen LogP contribution in [0.15, 0.2) is 18.2 Å². The Labute approximate surface area is 125 Å². The summed E-state index contributed by atoms with van der Waals surface area (Å²) in [5.74, 6) is -1.13.